The first kappa shape index (κ1) is 12.1. The summed E-state index contributed by atoms with van der Waals surface area (Å²) in [4.78, 5) is 0. The molecule has 2 nitrogen and oxygen atoms in total. The summed E-state index contributed by atoms with van der Waals surface area (Å²) in [5.74, 6) is 0.937. The summed E-state index contributed by atoms with van der Waals surface area (Å²) < 4.78 is 5.83. The molecule has 1 aromatic rings. The van der Waals surface area contributed by atoms with E-state index < -0.39 is 0 Å². The quantitative estimate of drug-likeness (QED) is 0.808. The Morgan fingerprint density at radius 2 is 1.87 bits per heavy atom. The first-order chi connectivity index (χ1) is 6.79. The molecule has 1 unspecified atom stereocenters. The van der Waals surface area contributed by atoms with Crippen LogP contribution in [0.5, 0.6) is 5.75 Å². The molecule has 84 valence electrons. The highest BCUT2D eigenvalue weighted by Gasteiger charge is 2.13. The zero-order chi connectivity index (χ0) is 11.6. The van der Waals surface area contributed by atoms with Crippen LogP contribution < -0.4 is 10.5 Å². The normalized spacial score (nSPS) is 13.7. The van der Waals surface area contributed by atoms with Crippen molar-refractivity contribution in [2.45, 2.75) is 46.3 Å². The van der Waals surface area contributed by atoms with Gasteiger partial charge < -0.3 is 10.5 Å². The summed E-state index contributed by atoms with van der Waals surface area (Å²) in [5.41, 5.74) is 7.95. The van der Waals surface area contributed by atoms with E-state index in [9.17, 15) is 0 Å². The van der Waals surface area contributed by atoms with E-state index in [0.717, 1.165) is 16.9 Å². The molecule has 0 aliphatic rings. The van der Waals surface area contributed by atoms with Gasteiger partial charge in [0, 0.05) is 6.04 Å². The molecule has 0 spiro atoms. The van der Waals surface area contributed by atoms with Crippen molar-refractivity contribution in [3.63, 3.8) is 0 Å². The second-order valence-electron chi connectivity index (χ2n) is 5.03. The Morgan fingerprint density at radius 1 is 1.27 bits per heavy atom. The van der Waals surface area contributed by atoms with Gasteiger partial charge in [0.1, 0.15) is 11.4 Å². The molecule has 0 aromatic heterocycles. The van der Waals surface area contributed by atoms with Crippen LogP contribution in [-0.2, 0) is 0 Å². The second kappa shape index (κ2) is 4.23. The van der Waals surface area contributed by atoms with E-state index in [1.54, 1.807) is 0 Å². The van der Waals surface area contributed by atoms with Crippen LogP contribution in [0.15, 0.2) is 18.2 Å². The molecule has 1 aromatic carbocycles. The van der Waals surface area contributed by atoms with Crippen molar-refractivity contribution in [1.29, 1.82) is 0 Å². The van der Waals surface area contributed by atoms with Crippen LogP contribution >= 0.6 is 0 Å². The van der Waals surface area contributed by atoms with Crippen molar-refractivity contribution in [1.82, 2.24) is 0 Å². The highest BCUT2D eigenvalue weighted by Crippen LogP contribution is 2.25. The van der Waals surface area contributed by atoms with E-state index in [-0.39, 0.29) is 11.6 Å². The lowest BCUT2D eigenvalue weighted by molar-refractivity contribution is 0.130. The predicted molar refractivity (Wildman–Crippen MR) is 64.2 cm³/mol. The van der Waals surface area contributed by atoms with Gasteiger partial charge in [-0.25, -0.2) is 0 Å². The summed E-state index contributed by atoms with van der Waals surface area (Å²) >= 11 is 0. The van der Waals surface area contributed by atoms with E-state index in [4.69, 9.17) is 10.5 Å². The number of ether oxygens (including phenoxy) is 1. The van der Waals surface area contributed by atoms with Gasteiger partial charge in [-0.2, -0.15) is 0 Å². The summed E-state index contributed by atoms with van der Waals surface area (Å²) in [6.07, 6.45) is 0. The van der Waals surface area contributed by atoms with Gasteiger partial charge in [0.05, 0.1) is 0 Å². The van der Waals surface area contributed by atoms with Crippen molar-refractivity contribution < 1.29 is 4.74 Å². The van der Waals surface area contributed by atoms with E-state index in [1.807, 2.05) is 46.8 Å². The van der Waals surface area contributed by atoms with Crippen molar-refractivity contribution in [3.05, 3.63) is 29.3 Å². The fourth-order valence-corrected chi connectivity index (χ4v) is 1.40. The molecule has 0 bridgehead atoms. The molecule has 15 heavy (non-hydrogen) atoms. The number of rotatable bonds is 2. The maximum absolute atomic E-state index is 5.83. The molecule has 0 aliphatic heterocycles. The second-order valence-corrected chi connectivity index (χ2v) is 5.03. The van der Waals surface area contributed by atoms with Crippen LogP contribution in [0.2, 0.25) is 0 Å². The van der Waals surface area contributed by atoms with Crippen molar-refractivity contribution in [2.24, 2.45) is 5.73 Å². The zero-order valence-electron chi connectivity index (χ0n) is 10.3. The van der Waals surface area contributed by atoms with Gasteiger partial charge in [-0.05, 0) is 51.8 Å². The molecule has 2 heteroatoms. The monoisotopic (exact) mass is 207 g/mol. The molecular formula is C13H21NO. The van der Waals surface area contributed by atoms with Crippen LogP contribution in [0.4, 0.5) is 0 Å². The number of benzene rings is 1. The third kappa shape index (κ3) is 3.56. The van der Waals surface area contributed by atoms with Crippen LogP contribution in [0.3, 0.4) is 0 Å². The number of hydrogen-bond acceptors (Lipinski definition) is 2. The molecule has 2 N–H and O–H groups in total. The highest BCUT2D eigenvalue weighted by molar-refractivity contribution is 5.37. The molecule has 0 radical (unpaired) electrons. The van der Waals surface area contributed by atoms with Crippen molar-refractivity contribution in [2.75, 3.05) is 0 Å². The van der Waals surface area contributed by atoms with Gasteiger partial charge in [0.25, 0.3) is 0 Å². The number of nitrogens with two attached hydrogens (primary N) is 1. The van der Waals surface area contributed by atoms with Gasteiger partial charge >= 0.3 is 0 Å². The van der Waals surface area contributed by atoms with Crippen LogP contribution in [0.1, 0.15) is 44.9 Å². The standard InChI is InChI=1S/C13H21NO/c1-9-8-11(10(2)14)6-7-12(9)15-13(3,4)5/h6-8,10H,14H2,1-5H3. The Morgan fingerprint density at radius 3 is 2.27 bits per heavy atom. The first-order valence-electron chi connectivity index (χ1n) is 5.35. The lowest BCUT2D eigenvalue weighted by Crippen LogP contribution is -2.23. The van der Waals surface area contributed by atoms with E-state index in [0.29, 0.717) is 0 Å². The van der Waals surface area contributed by atoms with Crippen molar-refractivity contribution in [3.8, 4) is 5.75 Å². The Balaban J connectivity index is 2.94. The van der Waals surface area contributed by atoms with Gasteiger partial charge in [-0.1, -0.05) is 12.1 Å². The van der Waals surface area contributed by atoms with Crippen molar-refractivity contribution >= 4 is 0 Å². The number of hydrogen-bond donors (Lipinski definition) is 1. The maximum Gasteiger partial charge on any atom is 0.123 e. The Bertz CT molecular complexity index is 337. The largest absolute Gasteiger partial charge is 0.488 e. The highest BCUT2D eigenvalue weighted by atomic mass is 16.5. The van der Waals surface area contributed by atoms with E-state index in [1.165, 1.54) is 0 Å². The van der Waals surface area contributed by atoms with Gasteiger partial charge in [0.2, 0.25) is 0 Å². The molecule has 0 amide bonds. The predicted octanol–water partition coefficient (Wildman–Crippen LogP) is 3.19. The minimum Gasteiger partial charge on any atom is -0.488 e. The first-order valence-corrected chi connectivity index (χ1v) is 5.35. The van der Waals surface area contributed by atoms with Crippen LogP contribution in [0, 0.1) is 6.92 Å². The van der Waals surface area contributed by atoms with Gasteiger partial charge in [-0.15, -0.1) is 0 Å². The summed E-state index contributed by atoms with van der Waals surface area (Å²) in [6.45, 7) is 10.2. The average Bonchev–Trinajstić information content (AvgIpc) is 2.05. The van der Waals surface area contributed by atoms with Gasteiger partial charge in [0.15, 0.2) is 0 Å². The van der Waals surface area contributed by atoms with Crippen LogP contribution in [-0.4, -0.2) is 5.60 Å². The third-order valence-electron chi connectivity index (χ3n) is 2.14. The molecule has 1 rings (SSSR count). The topological polar surface area (TPSA) is 35.2 Å². The summed E-state index contributed by atoms with van der Waals surface area (Å²) in [6, 6.07) is 6.19. The zero-order valence-corrected chi connectivity index (χ0v) is 10.3. The van der Waals surface area contributed by atoms with Gasteiger partial charge in [-0.3, -0.25) is 0 Å². The Kier molecular flexibility index (Phi) is 3.40. The third-order valence-corrected chi connectivity index (χ3v) is 2.14. The molecule has 0 saturated heterocycles. The minimum atomic E-state index is -0.152. The average molecular weight is 207 g/mol. The van der Waals surface area contributed by atoms with E-state index >= 15 is 0 Å². The fourth-order valence-electron chi connectivity index (χ4n) is 1.40. The Hall–Kier alpha value is -1.02. The van der Waals surface area contributed by atoms with E-state index in [2.05, 4.69) is 6.07 Å². The maximum atomic E-state index is 5.83. The molecule has 0 heterocycles. The molecule has 1 atom stereocenters. The smallest absolute Gasteiger partial charge is 0.123 e. The molecule has 0 saturated carbocycles. The SMILES string of the molecule is Cc1cc(C(C)N)ccc1OC(C)(C)C. The molecular weight excluding hydrogens is 186 g/mol. The summed E-state index contributed by atoms with van der Waals surface area (Å²) in [5, 5.41) is 0. The molecule has 0 fully saturated rings. The van der Waals surface area contributed by atoms with Crippen LogP contribution in [0.25, 0.3) is 0 Å². The number of aryl methyl sites for hydroxylation is 1. The Labute approximate surface area is 92.4 Å². The minimum absolute atomic E-state index is 0.0763. The lowest BCUT2D eigenvalue weighted by Gasteiger charge is -2.23. The lowest BCUT2D eigenvalue weighted by atomic mass is 10.1. The molecule has 0 aliphatic carbocycles. The summed E-state index contributed by atoms with van der Waals surface area (Å²) in [7, 11) is 0. The fraction of sp³-hybridized carbons (Fsp3) is 0.538.